The third-order valence-electron chi connectivity index (χ3n) is 2.89. The minimum Gasteiger partial charge on any atom is -0.478 e. The lowest BCUT2D eigenvalue weighted by Gasteiger charge is -2.08. The lowest BCUT2D eigenvalue weighted by atomic mass is 10.0. The Morgan fingerprint density at radius 3 is 1.75 bits per heavy atom. The van der Waals surface area contributed by atoms with E-state index >= 15 is 0 Å². The zero-order valence-electron chi connectivity index (χ0n) is 10.3. The van der Waals surface area contributed by atoms with Crippen molar-refractivity contribution in [2.45, 2.75) is 12.6 Å². The van der Waals surface area contributed by atoms with Crippen LogP contribution in [0.4, 0.5) is 13.2 Å². The van der Waals surface area contributed by atoms with Crippen molar-refractivity contribution in [2.75, 3.05) is 0 Å². The topological polar surface area (TPSA) is 37.3 Å². The highest BCUT2D eigenvalue weighted by molar-refractivity contribution is 5.87. The number of benzene rings is 2. The highest BCUT2D eigenvalue weighted by atomic mass is 19.4. The summed E-state index contributed by atoms with van der Waals surface area (Å²) in [6, 6.07) is 11.2. The number of aromatic carboxylic acids is 1. The molecule has 1 N–H and O–H groups in total. The van der Waals surface area contributed by atoms with E-state index in [-0.39, 0.29) is 5.56 Å². The molecule has 2 nitrogen and oxygen atoms in total. The summed E-state index contributed by atoms with van der Waals surface area (Å²) in [4.78, 5) is 10.7. The van der Waals surface area contributed by atoms with E-state index in [4.69, 9.17) is 5.11 Å². The Hall–Kier alpha value is -2.30. The molecule has 5 heteroatoms. The summed E-state index contributed by atoms with van der Waals surface area (Å²) < 4.78 is 37.2. The molecule has 0 aliphatic heterocycles. The second-order valence-corrected chi connectivity index (χ2v) is 4.37. The van der Waals surface area contributed by atoms with E-state index < -0.39 is 17.7 Å². The van der Waals surface area contributed by atoms with Gasteiger partial charge in [-0.05, 0) is 41.8 Å². The standard InChI is InChI=1S/C15H11F3O2/c16-15(17,18)13-7-3-11(4-8-13)9-10-1-5-12(6-2-10)14(19)20/h1-8H,9H2,(H,19,20). The van der Waals surface area contributed by atoms with Crippen molar-refractivity contribution in [3.63, 3.8) is 0 Å². The Balaban J connectivity index is 2.12. The summed E-state index contributed by atoms with van der Waals surface area (Å²) in [5.74, 6) is -1.01. The number of rotatable bonds is 3. The quantitative estimate of drug-likeness (QED) is 0.922. The molecule has 0 aliphatic rings. The molecule has 0 heterocycles. The molecule has 2 aromatic carbocycles. The maximum absolute atomic E-state index is 12.4. The van der Waals surface area contributed by atoms with Crippen molar-refractivity contribution < 1.29 is 23.1 Å². The maximum Gasteiger partial charge on any atom is 0.416 e. The fraction of sp³-hybridized carbons (Fsp3) is 0.133. The van der Waals surface area contributed by atoms with Crippen LogP contribution in [-0.4, -0.2) is 11.1 Å². The van der Waals surface area contributed by atoms with Gasteiger partial charge >= 0.3 is 12.1 Å². The van der Waals surface area contributed by atoms with Crippen LogP contribution in [0.15, 0.2) is 48.5 Å². The van der Waals surface area contributed by atoms with Gasteiger partial charge in [0, 0.05) is 0 Å². The van der Waals surface area contributed by atoms with Crippen LogP contribution in [0.25, 0.3) is 0 Å². The third-order valence-corrected chi connectivity index (χ3v) is 2.89. The Morgan fingerprint density at radius 2 is 1.35 bits per heavy atom. The molecule has 2 rings (SSSR count). The lowest BCUT2D eigenvalue weighted by Crippen LogP contribution is -2.04. The first-order valence-corrected chi connectivity index (χ1v) is 5.84. The minimum absolute atomic E-state index is 0.182. The van der Waals surface area contributed by atoms with Crippen molar-refractivity contribution in [1.29, 1.82) is 0 Å². The average Bonchev–Trinajstić information content (AvgIpc) is 2.39. The smallest absolute Gasteiger partial charge is 0.416 e. The molecule has 0 saturated carbocycles. The lowest BCUT2D eigenvalue weighted by molar-refractivity contribution is -0.137. The molecular weight excluding hydrogens is 269 g/mol. The predicted molar refractivity (Wildman–Crippen MR) is 67.7 cm³/mol. The number of carboxylic acid groups (broad SMARTS) is 1. The van der Waals surface area contributed by atoms with Gasteiger partial charge in [-0.2, -0.15) is 13.2 Å². The number of carbonyl (C=O) groups is 1. The van der Waals surface area contributed by atoms with Crippen LogP contribution < -0.4 is 0 Å². The van der Waals surface area contributed by atoms with E-state index in [1.54, 1.807) is 12.1 Å². The fourth-order valence-corrected chi connectivity index (χ4v) is 1.81. The molecule has 0 spiro atoms. The van der Waals surface area contributed by atoms with Gasteiger partial charge in [-0.3, -0.25) is 0 Å². The molecule has 0 saturated heterocycles. The van der Waals surface area contributed by atoms with Crippen LogP contribution in [0.5, 0.6) is 0 Å². The maximum atomic E-state index is 12.4. The number of hydrogen-bond donors (Lipinski definition) is 1. The van der Waals surface area contributed by atoms with Crippen molar-refractivity contribution in [2.24, 2.45) is 0 Å². The van der Waals surface area contributed by atoms with E-state index in [9.17, 15) is 18.0 Å². The van der Waals surface area contributed by atoms with Crippen LogP contribution >= 0.6 is 0 Å². The summed E-state index contributed by atoms with van der Waals surface area (Å²) in [5.41, 5.74) is 1.08. The van der Waals surface area contributed by atoms with E-state index in [1.165, 1.54) is 24.3 Å². The van der Waals surface area contributed by atoms with Gasteiger partial charge in [-0.25, -0.2) is 4.79 Å². The zero-order valence-corrected chi connectivity index (χ0v) is 10.3. The molecule has 0 unspecified atom stereocenters. The van der Waals surface area contributed by atoms with Crippen LogP contribution in [0.1, 0.15) is 27.0 Å². The van der Waals surface area contributed by atoms with Gasteiger partial charge in [-0.15, -0.1) is 0 Å². The fourth-order valence-electron chi connectivity index (χ4n) is 1.81. The Kier molecular flexibility index (Phi) is 3.79. The van der Waals surface area contributed by atoms with E-state index in [2.05, 4.69) is 0 Å². The second-order valence-electron chi connectivity index (χ2n) is 4.37. The van der Waals surface area contributed by atoms with Gasteiger partial charge < -0.3 is 5.11 Å². The number of alkyl halides is 3. The van der Waals surface area contributed by atoms with Crippen LogP contribution in [0.2, 0.25) is 0 Å². The normalized spacial score (nSPS) is 11.3. The monoisotopic (exact) mass is 280 g/mol. The largest absolute Gasteiger partial charge is 0.478 e. The molecular formula is C15H11F3O2. The molecule has 0 amide bonds. The zero-order chi connectivity index (χ0) is 14.8. The van der Waals surface area contributed by atoms with Gasteiger partial charge in [-0.1, -0.05) is 24.3 Å². The number of halogens is 3. The van der Waals surface area contributed by atoms with E-state index in [0.717, 1.165) is 23.3 Å². The van der Waals surface area contributed by atoms with Crippen LogP contribution in [-0.2, 0) is 12.6 Å². The van der Waals surface area contributed by atoms with E-state index in [1.807, 2.05) is 0 Å². The minimum atomic E-state index is -4.33. The van der Waals surface area contributed by atoms with Crippen LogP contribution in [0, 0.1) is 0 Å². The highest BCUT2D eigenvalue weighted by Crippen LogP contribution is 2.29. The molecule has 0 bridgehead atoms. The first-order chi connectivity index (χ1) is 9.36. The first kappa shape index (κ1) is 14.1. The summed E-state index contributed by atoms with van der Waals surface area (Å²) in [5, 5.41) is 8.77. The Morgan fingerprint density at radius 1 is 0.900 bits per heavy atom. The molecule has 104 valence electrons. The van der Waals surface area contributed by atoms with E-state index in [0.29, 0.717) is 6.42 Å². The molecule has 0 aliphatic carbocycles. The predicted octanol–water partition coefficient (Wildman–Crippen LogP) is 3.99. The van der Waals surface area contributed by atoms with Crippen molar-refractivity contribution in [3.8, 4) is 0 Å². The molecule has 0 fully saturated rings. The summed E-state index contributed by atoms with van der Waals surface area (Å²) >= 11 is 0. The first-order valence-electron chi connectivity index (χ1n) is 5.84. The third kappa shape index (κ3) is 3.38. The summed E-state index contributed by atoms with van der Waals surface area (Å²) in [7, 11) is 0. The van der Waals surface area contributed by atoms with Crippen LogP contribution in [0.3, 0.4) is 0 Å². The van der Waals surface area contributed by atoms with Gasteiger partial charge in [0.25, 0.3) is 0 Å². The summed E-state index contributed by atoms with van der Waals surface area (Å²) in [6.45, 7) is 0. The van der Waals surface area contributed by atoms with Gasteiger partial charge in [0.15, 0.2) is 0 Å². The van der Waals surface area contributed by atoms with Crippen molar-refractivity contribution in [1.82, 2.24) is 0 Å². The second kappa shape index (κ2) is 5.36. The number of hydrogen-bond acceptors (Lipinski definition) is 1. The van der Waals surface area contributed by atoms with Gasteiger partial charge in [0.1, 0.15) is 0 Å². The molecule has 0 radical (unpaired) electrons. The SMILES string of the molecule is O=C(O)c1ccc(Cc2ccc(C(F)(F)F)cc2)cc1. The molecule has 0 aromatic heterocycles. The Labute approximate surface area is 113 Å². The molecule has 0 atom stereocenters. The average molecular weight is 280 g/mol. The van der Waals surface area contributed by atoms with Crippen molar-refractivity contribution >= 4 is 5.97 Å². The van der Waals surface area contributed by atoms with Gasteiger partial charge in [0.05, 0.1) is 11.1 Å². The highest BCUT2D eigenvalue weighted by Gasteiger charge is 2.29. The molecule has 2 aromatic rings. The van der Waals surface area contributed by atoms with Gasteiger partial charge in [0.2, 0.25) is 0 Å². The summed E-state index contributed by atoms with van der Waals surface area (Å²) in [6.07, 6.45) is -3.88. The molecule has 20 heavy (non-hydrogen) atoms. The Bertz CT molecular complexity index is 599. The number of carboxylic acids is 1. The van der Waals surface area contributed by atoms with Crippen molar-refractivity contribution in [3.05, 3.63) is 70.8 Å².